The van der Waals surface area contributed by atoms with E-state index in [0.717, 1.165) is 71.4 Å². The maximum Gasteiger partial charge on any atom is 0.223 e. The molecule has 0 bridgehead atoms. The van der Waals surface area contributed by atoms with Crippen LogP contribution in [0.2, 0.25) is 0 Å². The number of piperidine rings is 1. The molecule has 9 heteroatoms. The van der Waals surface area contributed by atoms with Crippen LogP contribution in [0.15, 0.2) is 42.6 Å². The van der Waals surface area contributed by atoms with Crippen LogP contribution in [0.4, 0.5) is 5.82 Å². The predicted molar refractivity (Wildman–Crippen MR) is 130 cm³/mol. The molecule has 0 aliphatic carbocycles. The monoisotopic (exact) mass is 459 g/mol. The highest BCUT2D eigenvalue weighted by Crippen LogP contribution is 2.28. The van der Waals surface area contributed by atoms with Gasteiger partial charge in [-0.05, 0) is 51.0 Å². The lowest BCUT2D eigenvalue weighted by Crippen LogP contribution is -2.41. The molecule has 1 amide bonds. The lowest BCUT2D eigenvalue weighted by molar-refractivity contribution is -0.125. The molecule has 34 heavy (non-hydrogen) atoms. The van der Waals surface area contributed by atoms with Crippen molar-refractivity contribution in [1.29, 1.82) is 0 Å². The van der Waals surface area contributed by atoms with Crippen LogP contribution in [-0.2, 0) is 11.3 Å². The van der Waals surface area contributed by atoms with Gasteiger partial charge in [0.2, 0.25) is 5.91 Å². The van der Waals surface area contributed by atoms with Gasteiger partial charge in [-0.25, -0.2) is 4.98 Å². The van der Waals surface area contributed by atoms with Gasteiger partial charge in [0.25, 0.3) is 0 Å². The molecule has 4 heterocycles. The third kappa shape index (κ3) is 4.33. The summed E-state index contributed by atoms with van der Waals surface area (Å²) in [5, 5.41) is 14.8. The minimum absolute atomic E-state index is 0.00867. The second-order valence-electron chi connectivity index (χ2n) is 8.78. The van der Waals surface area contributed by atoms with Crippen LogP contribution >= 0.6 is 0 Å². The Hall–Kier alpha value is -3.88. The summed E-state index contributed by atoms with van der Waals surface area (Å²) >= 11 is 0. The Labute approximate surface area is 198 Å². The Balaban J connectivity index is 1.30. The Bertz CT molecular complexity index is 1300. The van der Waals surface area contributed by atoms with Gasteiger partial charge in [0.1, 0.15) is 11.6 Å². The third-order valence-corrected chi connectivity index (χ3v) is 6.50. The topological polar surface area (TPSA) is 100 Å². The highest BCUT2D eigenvalue weighted by atomic mass is 16.5. The first-order chi connectivity index (χ1) is 16.5. The first kappa shape index (κ1) is 21.9. The molecular weight excluding hydrogens is 430 g/mol. The molecule has 0 saturated carbocycles. The van der Waals surface area contributed by atoms with Gasteiger partial charge >= 0.3 is 0 Å². The van der Waals surface area contributed by atoms with E-state index in [-0.39, 0.29) is 11.8 Å². The number of hydrogen-bond acceptors (Lipinski definition) is 6. The average Bonchev–Trinajstić information content (AvgIpc) is 3.48. The number of amides is 1. The van der Waals surface area contributed by atoms with E-state index in [2.05, 4.69) is 31.5 Å². The van der Waals surface area contributed by atoms with Crippen LogP contribution in [0.3, 0.4) is 0 Å². The van der Waals surface area contributed by atoms with Crippen molar-refractivity contribution < 1.29 is 9.53 Å². The van der Waals surface area contributed by atoms with Crippen molar-refractivity contribution in [2.75, 3.05) is 25.1 Å². The van der Waals surface area contributed by atoms with Crippen molar-refractivity contribution >= 4 is 17.4 Å². The maximum absolute atomic E-state index is 12.7. The molecule has 1 aliphatic rings. The van der Waals surface area contributed by atoms with Gasteiger partial charge in [-0.1, -0.05) is 0 Å². The van der Waals surface area contributed by atoms with Crippen molar-refractivity contribution in [3.05, 3.63) is 59.5 Å². The van der Waals surface area contributed by atoms with E-state index < -0.39 is 0 Å². The zero-order valence-corrected chi connectivity index (χ0v) is 19.7. The highest BCUT2D eigenvalue weighted by Gasteiger charge is 2.27. The summed E-state index contributed by atoms with van der Waals surface area (Å²) in [6, 6.07) is 12.0. The Morgan fingerprint density at radius 2 is 1.94 bits per heavy atom. The fourth-order valence-electron chi connectivity index (χ4n) is 4.46. The second-order valence-corrected chi connectivity index (χ2v) is 8.78. The number of benzene rings is 1. The number of fused-ring (bicyclic) bond motifs is 1. The fourth-order valence-corrected chi connectivity index (χ4v) is 4.46. The van der Waals surface area contributed by atoms with E-state index in [1.165, 1.54) is 0 Å². The van der Waals surface area contributed by atoms with E-state index in [1.807, 2.05) is 48.7 Å². The van der Waals surface area contributed by atoms with Crippen LogP contribution in [0, 0.1) is 19.8 Å². The summed E-state index contributed by atoms with van der Waals surface area (Å²) in [5.74, 6) is 1.94. The number of hydrogen-bond donors (Lipinski definition) is 2. The van der Waals surface area contributed by atoms with Crippen molar-refractivity contribution in [3.8, 4) is 17.0 Å². The molecule has 1 saturated heterocycles. The Morgan fingerprint density at radius 3 is 2.62 bits per heavy atom. The maximum atomic E-state index is 12.7. The largest absolute Gasteiger partial charge is 0.497 e. The van der Waals surface area contributed by atoms with Gasteiger partial charge in [0.15, 0.2) is 5.65 Å². The number of anilines is 1. The van der Waals surface area contributed by atoms with Crippen LogP contribution in [-0.4, -0.2) is 50.9 Å². The predicted octanol–water partition coefficient (Wildman–Crippen LogP) is 3.28. The van der Waals surface area contributed by atoms with Crippen LogP contribution in [0.5, 0.6) is 5.75 Å². The number of methoxy groups -OCH3 is 1. The van der Waals surface area contributed by atoms with Crippen molar-refractivity contribution in [3.63, 3.8) is 0 Å². The second kappa shape index (κ2) is 9.17. The number of rotatable bonds is 6. The minimum Gasteiger partial charge on any atom is -0.497 e. The van der Waals surface area contributed by atoms with Crippen molar-refractivity contribution in [2.45, 2.75) is 33.2 Å². The van der Waals surface area contributed by atoms with E-state index in [0.29, 0.717) is 6.54 Å². The summed E-state index contributed by atoms with van der Waals surface area (Å²) in [4.78, 5) is 19.7. The molecule has 4 aromatic rings. The Morgan fingerprint density at radius 1 is 1.18 bits per heavy atom. The molecule has 0 unspecified atom stereocenters. The summed E-state index contributed by atoms with van der Waals surface area (Å²) < 4.78 is 7.18. The number of carbonyl (C=O) groups is 1. The lowest BCUT2D eigenvalue weighted by atomic mass is 9.96. The van der Waals surface area contributed by atoms with Gasteiger partial charge in [0, 0.05) is 60.2 Å². The normalized spacial score (nSPS) is 14.5. The van der Waals surface area contributed by atoms with Gasteiger partial charge < -0.3 is 15.0 Å². The lowest BCUT2D eigenvalue weighted by Gasteiger charge is -2.33. The molecule has 1 fully saturated rings. The molecule has 0 atom stereocenters. The zero-order chi connectivity index (χ0) is 23.7. The van der Waals surface area contributed by atoms with Crippen LogP contribution < -0.4 is 15.0 Å². The number of nitrogens with zero attached hydrogens (tertiary/aromatic N) is 5. The molecular formula is C25H29N7O2. The summed E-state index contributed by atoms with van der Waals surface area (Å²) in [5.41, 5.74) is 5.64. The molecule has 9 nitrogen and oxygen atoms in total. The molecule has 2 N–H and O–H groups in total. The van der Waals surface area contributed by atoms with Crippen LogP contribution in [0.1, 0.15) is 29.8 Å². The first-order valence-corrected chi connectivity index (χ1v) is 11.5. The highest BCUT2D eigenvalue weighted by molar-refractivity contribution is 5.79. The first-order valence-electron chi connectivity index (χ1n) is 11.5. The number of aryl methyl sites for hydroxylation is 2. The zero-order valence-electron chi connectivity index (χ0n) is 19.7. The standard InChI is InChI=1S/C25H29N7O2/c1-16-12-24(32-23(28-16)13-22(30-32)18-4-6-21(34-3)7-5-18)31-10-8-19(9-11-31)25(33)26-14-20-15-27-29-17(20)2/h4-7,12-13,15,19H,8-11,14H2,1-3H3,(H,26,33)(H,27,29). The van der Waals surface area contributed by atoms with Crippen LogP contribution in [0.25, 0.3) is 16.9 Å². The van der Waals surface area contributed by atoms with Crippen molar-refractivity contribution in [1.82, 2.24) is 30.1 Å². The SMILES string of the molecule is COc1ccc(-c2cc3nc(C)cc(N4CCC(C(=O)NCc5cn[nH]c5C)CC4)n3n2)cc1. The molecule has 5 rings (SSSR count). The van der Waals surface area contributed by atoms with Gasteiger partial charge in [-0.15, -0.1) is 0 Å². The van der Waals surface area contributed by atoms with E-state index in [9.17, 15) is 4.79 Å². The molecule has 1 aliphatic heterocycles. The molecule has 0 spiro atoms. The number of carbonyl (C=O) groups excluding carboxylic acids is 1. The number of H-pyrrole nitrogens is 1. The number of aromatic amines is 1. The molecule has 3 aromatic heterocycles. The minimum atomic E-state index is 0.00867. The summed E-state index contributed by atoms with van der Waals surface area (Å²) in [6.45, 7) is 6.05. The Kier molecular flexibility index (Phi) is 5.91. The molecule has 1 aromatic carbocycles. The third-order valence-electron chi connectivity index (χ3n) is 6.50. The molecule has 176 valence electrons. The fraction of sp³-hybridized carbons (Fsp3) is 0.360. The number of aromatic nitrogens is 5. The quantitative estimate of drug-likeness (QED) is 0.459. The van der Waals surface area contributed by atoms with E-state index in [1.54, 1.807) is 13.3 Å². The van der Waals surface area contributed by atoms with Gasteiger partial charge in [-0.2, -0.15) is 14.7 Å². The summed E-state index contributed by atoms with van der Waals surface area (Å²) in [7, 11) is 1.66. The van der Waals surface area contributed by atoms with Crippen molar-refractivity contribution in [2.24, 2.45) is 5.92 Å². The number of ether oxygens (including phenoxy) is 1. The number of nitrogens with one attached hydrogen (secondary N) is 2. The van der Waals surface area contributed by atoms with Gasteiger partial charge in [-0.3, -0.25) is 9.89 Å². The van der Waals surface area contributed by atoms with E-state index >= 15 is 0 Å². The van der Waals surface area contributed by atoms with Gasteiger partial charge in [0.05, 0.1) is 19.0 Å². The summed E-state index contributed by atoms with van der Waals surface area (Å²) in [6.07, 6.45) is 3.36. The van der Waals surface area contributed by atoms with E-state index in [4.69, 9.17) is 9.84 Å². The molecule has 0 radical (unpaired) electrons. The average molecular weight is 460 g/mol. The smallest absolute Gasteiger partial charge is 0.223 e.